The Kier molecular flexibility index (Phi) is 3.18. The largest absolute Gasteiger partial charge is 0.433 e. The van der Waals surface area contributed by atoms with E-state index in [1.807, 2.05) is 0 Å². The maximum atomic E-state index is 12.2. The Morgan fingerprint density at radius 1 is 1.27 bits per heavy atom. The van der Waals surface area contributed by atoms with Crippen LogP contribution in [0.1, 0.15) is 21.7 Å². The average Bonchev–Trinajstić information content (AvgIpc) is 2.17. The van der Waals surface area contributed by atoms with Crippen LogP contribution in [0.25, 0.3) is 0 Å². The summed E-state index contributed by atoms with van der Waals surface area (Å²) in [6, 6.07) is 1.71. The van der Waals surface area contributed by atoms with Crippen molar-refractivity contribution in [1.82, 2.24) is 4.98 Å². The Morgan fingerprint density at radius 3 is 2.40 bits per heavy atom. The van der Waals surface area contributed by atoms with E-state index in [0.717, 1.165) is 6.07 Å². The van der Waals surface area contributed by atoms with Gasteiger partial charge in [0.25, 0.3) is 0 Å². The summed E-state index contributed by atoms with van der Waals surface area (Å²) in [7, 11) is 0. The standard InChI is InChI=1S/C9H6F3NO2/c10-9(11,12)8-2-1-6(5-15)7(13-8)3-4-14/h1-2,4-5H,3H2. The van der Waals surface area contributed by atoms with Crippen molar-refractivity contribution < 1.29 is 22.8 Å². The lowest BCUT2D eigenvalue weighted by atomic mass is 10.1. The molecule has 3 nitrogen and oxygen atoms in total. The van der Waals surface area contributed by atoms with Crippen LogP contribution in [-0.2, 0) is 17.4 Å². The fourth-order valence-corrected chi connectivity index (χ4v) is 1.02. The third kappa shape index (κ3) is 2.61. The number of aromatic nitrogens is 1. The highest BCUT2D eigenvalue weighted by Crippen LogP contribution is 2.27. The highest BCUT2D eigenvalue weighted by Gasteiger charge is 2.32. The van der Waals surface area contributed by atoms with Crippen molar-refractivity contribution in [3.63, 3.8) is 0 Å². The summed E-state index contributed by atoms with van der Waals surface area (Å²) in [5.41, 5.74) is -1.27. The molecule has 1 heterocycles. The maximum Gasteiger partial charge on any atom is 0.433 e. The minimum absolute atomic E-state index is 0.00454. The lowest BCUT2D eigenvalue weighted by Crippen LogP contribution is -2.11. The zero-order valence-corrected chi connectivity index (χ0v) is 7.41. The quantitative estimate of drug-likeness (QED) is 0.723. The van der Waals surface area contributed by atoms with Crippen LogP contribution in [0.3, 0.4) is 0 Å². The summed E-state index contributed by atoms with van der Waals surface area (Å²) in [5, 5.41) is 0. The number of carbonyl (C=O) groups excluding carboxylic acids is 2. The topological polar surface area (TPSA) is 47.0 Å². The molecule has 0 aromatic carbocycles. The van der Waals surface area contributed by atoms with Gasteiger partial charge in [-0.25, -0.2) is 4.98 Å². The molecule has 0 radical (unpaired) electrons. The molecular formula is C9H6F3NO2. The number of nitrogens with zero attached hydrogens (tertiary/aromatic N) is 1. The molecule has 1 aromatic heterocycles. The summed E-state index contributed by atoms with van der Waals surface area (Å²) in [5.74, 6) is 0. The van der Waals surface area contributed by atoms with E-state index >= 15 is 0 Å². The Balaban J connectivity index is 3.21. The van der Waals surface area contributed by atoms with Crippen LogP contribution in [0, 0.1) is 0 Å². The van der Waals surface area contributed by atoms with Crippen LogP contribution in [0.15, 0.2) is 12.1 Å². The van der Waals surface area contributed by atoms with E-state index < -0.39 is 11.9 Å². The Morgan fingerprint density at radius 2 is 1.93 bits per heavy atom. The number of carbonyl (C=O) groups is 2. The molecule has 0 fully saturated rings. The zero-order valence-electron chi connectivity index (χ0n) is 7.41. The lowest BCUT2D eigenvalue weighted by molar-refractivity contribution is -0.141. The SMILES string of the molecule is O=CCc1nc(C(F)(F)F)ccc1C=O. The summed E-state index contributed by atoms with van der Waals surface area (Å²) >= 11 is 0. The Labute approximate surface area is 82.9 Å². The molecule has 0 unspecified atom stereocenters. The zero-order chi connectivity index (χ0) is 11.5. The molecule has 0 amide bonds. The van der Waals surface area contributed by atoms with Crippen LogP contribution in [-0.4, -0.2) is 17.6 Å². The van der Waals surface area contributed by atoms with E-state index in [1.54, 1.807) is 0 Å². The van der Waals surface area contributed by atoms with Gasteiger partial charge in [-0.2, -0.15) is 13.2 Å². The van der Waals surface area contributed by atoms with Gasteiger partial charge < -0.3 is 4.79 Å². The first-order chi connectivity index (χ1) is 6.99. The molecule has 0 bridgehead atoms. The van der Waals surface area contributed by atoms with Crippen LogP contribution in [0.5, 0.6) is 0 Å². The van der Waals surface area contributed by atoms with Gasteiger partial charge in [-0.05, 0) is 12.1 Å². The molecular weight excluding hydrogens is 211 g/mol. The van der Waals surface area contributed by atoms with Gasteiger partial charge in [0.05, 0.1) is 5.69 Å². The smallest absolute Gasteiger partial charge is 0.303 e. The van der Waals surface area contributed by atoms with E-state index in [4.69, 9.17) is 0 Å². The monoisotopic (exact) mass is 217 g/mol. The second-order valence-electron chi connectivity index (χ2n) is 2.72. The van der Waals surface area contributed by atoms with E-state index in [9.17, 15) is 22.8 Å². The molecule has 0 N–H and O–H groups in total. The highest BCUT2D eigenvalue weighted by molar-refractivity contribution is 5.78. The maximum absolute atomic E-state index is 12.2. The first-order valence-corrected chi connectivity index (χ1v) is 3.95. The number of aldehydes is 2. The summed E-state index contributed by atoms with van der Waals surface area (Å²) < 4.78 is 36.6. The van der Waals surface area contributed by atoms with E-state index in [1.165, 1.54) is 0 Å². The fourth-order valence-electron chi connectivity index (χ4n) is 1.02. The minimum atomic E-state index is -4.57. The molecule has 6 heteroatoms. The molecule has 1 aromatic rings. The summed E-state index contributed by atoms with van der Waals surface area (Å²) in [6.07, 6.45) is -4.11. The number of pyridine rings is 1. The molecule has 0 atom stereocenters. The number of halogens is 3. The van der Waals surface area contributed by atoms with E-state index in [-0.39, 0.29) is 17.7 Å². The molecule has 0 spiro atoms. The first-order valence-electron chi connectivity index (χ1n) is 3.95. The molecule has 0 saturated carbocycles. The molecule has 0 aliphatic carbocycles. The lowest BCUT2D eigenvalue weighted by Gasteiger charge is -2.07. The first kappa shape index (κ1) is 11.4. The van der Waals surface area contributed by atoms with Crippen molar-refractivity contribution in [3.05, 3.63) is 29.1 Å². The molecule has 15 heavy (non-hydrogen) atoms. The van der Waals surface area contributed by atoms with Crippen molar-refractivity contribution >= 4 is 12.6 Å². The molecule has 0 aliphatic heterocycles. The van der Waals surface area contributed by atoms with Gasteiger partial charge in [0.1, 0.15) is 12.0 Å². The molecule has 0 aliphatic rings. The predicted octanol–water partition coefficient (Wildman–Crippen LogP) is 1.65. The van der Waals surface area contributed by atoms with Crippen molar-refractivity contribution in [2.75, 3.05) is 0 Å². The van der Waals surface area contributed by atoms with Gasteiger partial charge in [-0.15, -0.1) is 0 Å². The number of alkyl halides is 3. The van der Waals surface area contributed by atoms with Crippen LogP contribution >= 0.6 is 0 Å². The summed E-state index contributed by atoms with van der Waals surface area (Å²) in [6.45, 7) is 0. The van der Waals surface area contributed by atoms with Gasteiger partial charge in [0.2, 0.25) is 0 Å². The second kappa shape index (κ2) is 4.20. The van der Waals surface area contributed by atoms with Crippen molar-refractivity contribution in [1.29, 1.82) is 0 Å². The van der Waals surface area contributed by atoms with Gasteiger partial charge >= 0.3 is 6.18 Å². The van der Waals surface area contributed by atoms with Gasteiger partial charge in [-0.1, -0.05) is 0 Å². The van der Waals surface area contributed by atoms with Crippen LogP contribution < -0.4 is 0 Å². The number of rotatable bonds is 3. The van der Waals surface area contributed by atoms with Crippen LogP contribution in [0.4, 0.5) is 13.2 Å². The Hall–Kier alpha value is -1.72. The van der Waals surface area contributed by atoms with Crippen molar-refractivity contribution in [2.24, 2.45) is 0 Å². The Bertz CT molecular complexity index is 387. The fraction of sp³-hybridized carbons (Fsp3) is 0.222. The summed E-state index contributed by atoms with van der Waals surface area (Å²) in [4.78, 5) is 23.8. The van der Waals surface area contributed by atoms with E-state index in [2.05, 4.69) is 4.98 Å². The average molecular weight is 217 g/mol. The normalized spacial score (nSPS) is 11.1. The number of hydrogen-bond acceptors (Lipinski definition) is 3. The minimum Gasteiger partial charge on any atom is -0.303 e. The second-order valence-corrected chi connectivity index (χ2v) is 2.72. The van der Waals surface area contributed by atoms with Gasteiger partial charge in [-0.3, -0.25) is 4.79 Å². The molecule has 80 valence electrons. The number of hydrogen-bond donors (Lipinski definition) is 0. The highest BCUT2D eigenvalue weighted by atomic mass is 19.4. The molecule has 1 rings (SSSR count). The van der Waals surface area contributed by atoms with Crippen molar-refractivity contribution in [2.45, 2.75) is 12.6 Å². The third-order valence-corrected chi connectivity index (χ3v) is 1.70. The third-order valence-electron chi connectivity index (χ3n) is 1.70. The van der Waals surface area contributed by atoms with Gasteiger partial charge in [0, 0.05) is 12.0 Å². The van der Waals surface area contributed by atoms with E-state index in [0.29, 0.717) is 18.6 Å². The van der Waals surface area contributed by atoms with Gasteiger partial charge in [0.15, 0.2) is 6.29 Å². The van der Waals surface area contributed by atoms with Crippen molar-refractivity contribution in [3.8, 4) is 0 Å². The van der Waals surface area contributed by atoms with Crippen LogP contribution in [0.2, 0.25) is 0 Å². The predicted molar refractivity (Wildman–Crippen MR) is 44.4 cm³/mol. The molecule has 0 saturated heterocycles.